The molecule has 0 atom stereocenters. The number of amides is 1. The Morgan fingerprint density at radius 1 is 1.39 bits per heavy atom. The van der Waals surface area contributed by atoms with Crippen molar-refractivity contribution in [1.82, 2.24) is 10.3 Å². The van der Waals surface area contributed by atoms with Gasteiger partial charge in [-0.05, 0) is 38.1 Å². The number of fused-ring (bicyclic) bond motifs is 1. The van der Waals surface area contributed by atoms with Crippen LogP contribution in [-0.2, 0) is 0 Å². The molecule has 1 aromatic carbocycles. The Bertz CT molecular complexity index is 581. The first kappa shape index (κ1) is 12.8. The van der Waals surface area contributed by atoms with Gasteiger partial charge in [-0.2, -0.15) is 0 Å². The molecule has 1 heterocycles. The maximum Gasteiger partial charge on any atom is 0.251 e. The minimum absolute atomic E-state index is 0.119. The van der Waals surface area contributed by atoms with Gasteiger partial charge in [-0.25, -0.2) is 0 Å². The van der Waals surface area contributed by atoms with Crippen LogP contribution in [-0.4, -0.2) is 22.3 Å². The second-order valence-corrected chi connectivity index (χ2v) is 5.15. The highest BCUT2D eigenvalue weighted by Gasteiger charge is 2.19. The van der Waals surface area contributed by atoms with Gasteiger partial charge in [0, 0.05) is 28.6 Å². The molecular weight excluding hydrogens is 248 g/mol. The lowest BCUT2D eigenvalue weighted by Crippen LogP contribution is -2.44. The molecule has 18 heavy (non-hydrogen) atoms. The second kappa shape index (κ2) is 4.94. The topological polar surface area (TPSA) is 42.0 Å². The zero-order chi connectivity index (χ0) is 13.2. The lowest BCUT2D eigenvalue weighted by molar-refractivity contribution is 0.0920. The maximum atomic E-state index is 12.1. The highest BCUT2D eigenvalue weighted by molar-refractivity contribution is 6.18. The highest BCUT2D eigenvalue weighted by Crippen LogP contribution is 2.14. The van der Waals surface area contributed by atoms with Crippen LogP contribution >= 0.6 is 11.6 Å². The van der Waals surface area contributed by atoms with Gasteiger partial charge in [-0.15, -0.1) is 11.6 Å². The van der Waals surface area contributed by atoms with E-state index in [0.717, 1.165) is 10.9 Å². The van der Waals surface area contributed by atoms with Crippen molar-refractivity contribution in [3.8, 4) is 0 Å². The molecule has 0 saturated heterocycles. The summed E-state index contributed by atoms with van der Waals surface area (Å²) in [4.78, 5) is 16.3. The van der Waals surface area contributed by atoms with Gasteiger partial charge in [0.05, 0.1) is 5.52 Å². The van der Waals surface area contributed by atoms with Crippen LogP contribution in [0.5, 0.6) is 0 Å². The molecule has 2 rings (SSSR count). The first-order chi connectivity index (χ1) is 8.52. The molecule has 94 valence electrons. The van der Waals surface area contributed by atoms with Gasteiger partial charge in [0.15, 0.2) is 0 Å². The summed E-state index contributed by atoms with van der Waals surface area (Å²) >= 11 is 5.80. The van der Waals surface area contributed by atoms with Crippen molar-refractivity contribution < 1.29 is 4.79 Å². The van der Waals surface area contributed by atoms with Crippen molar-refractivity contribution in [2.45, 2.75) is 19.4 Å². The SMILES string of the molecule is CC(C)(CCl)NC(=O)c1ccc2ncccc2c1. The molecule has 0 fully saturated rings. The van der Waals surface area contributed by atoms with E-state index in [1.807, 2.05) is 38.1 Å². The smallest absolute Gasteiger partial charge is 0.251 e. The number of nitrogens with one attached hydrogen (secondary N) is 1. The molecule has 3 nitrogen and oxygen atoms in total. The summed E-state index contributed by atoms with van der Waals surface area (Å²) in [5.41, 5.74) is 1.09. The van der Waals surface area contributed by atoms with Gasteiger partial charge in [0.2, 0.25) is 0 Å². The molecule has 2 aromatic rings. The number of alkyl halides is 1. The van der Waals surface area contributed by atoms with Gasteiger partial charge < -0.3 is 5.32 Å². The minimum Gasteiger partial charge on any atom is -0.346 e. The van der Waals surface area contributed by atoms with E-state index in [9.17, 15) is 4.79 Å². The lowest BCUT2D eigenvalue weighted by atomic mass is 10.1. The fraction of sp³-hybridized carbons (Fsp3) is 0.286. The van der Waals surface area contributed by atoms with Crippen LogP contribution in [0.4, 0.5) is 0 Å². The number of nitrogens with zero attached hydrogens (tertiary/aromatic N) is 1. The van der Waals surface area contributed by atoms with E-state index in [4.69, 9.17) is 11.6 Å². The third-order valence-electron chi connectivity index (χ3n) is 2.65. The zero-order valence-electron chi connectivity index (χ0n) is 10.4. The van der Waals surface area contributed by atoms with E-state index in [1.165, 1.54) is 0 Å². The summed E-state index contributed by atoms with van der Waals surface area (Å²) in [5, 5.41) is 3.85. The number of carbonyl (C=O) groups excluding carboxylic acids is 1. The number of halogens is 1. The largest absolute Gasteiger partial charge is 0.346 e. The number of aromatic nitrogens is 1. The fourth-order valence-electron chi connectivity index (χ4n) is 1.63. The molecule has 4 heteroatoms. The minimum atomic E-state index is -0.414. The average molecular weight is 263 g/mol. The summed E-state index contributed by atoms with van der Waals surface area (Å²) < 4.78 is 0. The van der Waals surface area contributed by atoms with E-state index in [-0.39, 0.29) is 5.91 Å². The quantitative estimate of drug-likeness (QED) is 0.864. The number of pyridine rings is 1. The van der Waals surface area contributed by atoms with Crippen LogP contribution < -0.4 is 5.32 Å². The standard InChI is InChI=1S/C14H15ClN2O/c1-14(2,9-15)17-13(18)11-5-6-12-10(8-11)4-3-7-16-12/h3-8H,9H2,1-2H3,(H,17,18). The molecule has 0 aliphatic heterocycles. The van der Waals surface area contributed by atoms with Crippen LogP contribution in [0.3, 0.4) is 0 Å². The van der Waals surface area contributed by atoms with E-state index in [2.05, 4.69) is 10.3 Å². The molecule has 0 saturated carbocycles. The number of carbonyl (C=O) groups is 1. The summed E-state index contributed by atoms with van der Waals surface area (Å²) in [6, 6.07) is 9.24. The predicted octanol–water partition coefficient (Wildman–Crippen LogP) is 2.98. The molecular formula is C14H15ClN2O. The summed E-state index contributed by atoms with van der Waals surface area (Å²) in [6.07, 6.45) is 1.73. The van der Waals surface area contributed by atoms with Crippen LogP contribution in [0, 0.1) is 0 Å². The third kappa shape index (κ3) is 2.79. The van der Waals surface area contributed by atoms with Crippen molar-refractivity contribution >= 4 is 28.4 Å². The van der Waals surface area contributed by atoms with Gasteiger partial charge in [-0.3, -0.25) is 9.78 Å². The van der Waals surface area contributed by atoms with E-state index >= 15 is 0 Å². The van der Waals surface area contributed by atoms with Crippen molar-refractivity contribution in [2.75, 3.05) is 5.88 Å². The Hall–Kier alpha value is -1.61. The molecule has 1 amide bonds. The third-order valence-corrected chi connectivity index (χ3v) is 3.32. The Labute approximate surface area is 111 Å². The molecule has 0 unspecified atom stereocenters. The molecule has 1 N–H and O–H groups in total. The van der Waals surface area contributed by atoms with Gasteiger partial charge in [-0.1, -0.05) is 6.07 Å². The predicted molar refractivity (Wildman–Crippen MR) is 74.0 cm³/mol. The fourth-order valence-corrected chi connectivity index (χ4v) is 1.70. The van der Waals surface area contributed by atoms with E-state index in [1.54, 1.807) is 12.3 Å². The Morgan fingerprint density at radius 3 is 2.89 bits per heavy atom. The summed E-state index contributed by atoms with van der Waals surface area (Å²) in [7, 11) is 0. The molecule has 0 spiro atoms. The van der Waals surface area contributed by atoms with Crippen LogP contribution in [0.25, 0.3) is 10.9 Å². The van der Waals surface area contributed by atoms with Crippen LogP contribution in [0.15, 0.2) is 36.5 Å². The normalized spacial score (nSPS) is 11.5. The molecule has 0 bridgehead atoms. The van der Waals surface area contributed by atoms with Crippen molar-refractivity contribution in [3.05, 3.63) is 42.1 Å². The zero-order valence-corrected chi connectivity index (χ0v) is 11.2. The molecule has 0 radical (unpaired) electrons. The Kier molecular flexibility index (Phi) is 3.53. The molecule has 0 aliphatic carbocycles. The first-order valence-corrected chi connectivity index (χ1v) is 6.28. The Morgan fingerprint density at radius 2 is 2.17 bits per heavy atom. The highest BCUT2D eigenvalue weighted by atomic mass is 35.5. The summed E-state index contributed by atoms with van der Waals surface area (Å²) in [6.45, 7) is 3.78. The van der Waals surface area contributed by atoms with Crippen LogP contribution in [0.2, 0.25) is 0 Å². The van der Waals surface area contributed by atoms with Gasteiger partial charge in [0.1, 0.15) is 0 Å². The monoisotopic (exact) mass is 262 g/mol. The number of rotatable bonds is 3. The lowest BCUT2D eigenvalue weighted by Gasteiger charge is -2.23. The van der Waals surface area contributed by atoms with E-state index < -0.39 is 5.54 Å². The summed E-state index contributed by atoms with van der Waals surface area (Å²) in [5.74, 6) is 0.250. The number of benzene rings is 1. The van der Waals surface area contributed by atoms with Crippen molar-refractivity contribution in [2.24, 2.45) is 0 Å². The van der Waals surface area contributed by atoms with Gasteiger partial charge in [0.25, 0.3) is 5.91 Å². The second-order valence-electron chi connectivity index (χ2n) is 4.88. The number of hydrogen-bond donors (Lipinski definition) is 1. The molecule has 1 aromatic heterocycles. The van der Waals surface area contributed by atoms with Crippen molar-refractivity contribution in [3.63, 3.8) is 0 Å². The molecule has 0 aliphatic rings. The first-order valence-electron chi connectivity index (χ1n) is 5.75. The van der Waals surface area contributed by atoms with Crippen molar-refractivity contribution in [1.29, 1.82) is 0 Å². The van der Waals surface area contributed by atoms with E-state index in [0.29, 0.717) is 11.4 Å². The Balaban J connectivity index is 2.28. The van der Waals surface area contributed by atoms with Crippen LogP contribution in [0.1, 0.15) is 24.2 Å². The average Bonchev–Trinajstić information content (AvgIpc) is 2.37. The number of hydrogen-bond acceptors (Lipinski definition) is 2. The van der Waals surface area contributed by atoms with Gasteiger partial charge >= 0.3 is 0 Å². The maximum absolute atomic E-state index is 12.1.